The summed E-state index contributed by atoms with van der Waals surface area (Å²) in [5, 5.41) is 0. The summed E-state index contributed by atoms with van der Waals surface area (Å²) < 4.78 is 6.12. The molecule has 0 aromatic heterocycles. The Hall–Kier alpha value is -1.24. The molecule has 82 valence electrons. The zero-order chi connectivity index (χ0) is 10.7. The summed E-state index contributed by atoms with van der Waals surface area (Å²) in [6.45, 7) is 3.99. The van der Waals surface area contributed by atoms with Gasteiger partial charge in [0.05, 0.1) is 0 Å². The normalized spacial score (nSPS) is 42.6. The summed E-state index contributed by atoms with van der Waals surface area (Å²) in [5.74, 6) is 4.07. The van der Waals surface area contributed by atoms with E-state index >= 15 is 0 Å². The molecular weight excluding hydrogens is 196 g/mol. The molecule has 2 aliphatic carbocycles. The van der Waals surface area contributed by atoms with Gasteiger partial charge in [-0.2, -0.15) is 0 Å². The number of ether oxygens (including phenoxy) is 1. The van der Waals surface area contributed by atoms with Crippen molar-refractivity contribution in [2.45, 2.75) is 24.9 Å². The molecule has 5 unspecified atom stereocenters. The molecule has 0 saturated heterocycles. The highest BCUT2D eigenvalue weighted by Crippen LogP contribution is 2.61. The molecule has 2 bridgehead atoms. The number of fused-ring (bicyclic) bond motifs is 7. The standard InChI is InChI=1S/C15H16O/c1-2-9-7-10-8-12(9)14-11-5-3-4-6-13(11)16-15(10)14/h2-6,9-10,12,14-15H,1,7-8H2. The molecule has 3 aliphatic rings. The summed E-state index contributed by atoms with van der Waals surface area (Å²) in [4.78, 5) is 0. The second-order valence-electron chi connectivity index (χ2n) is 5.44. The van der Waals surface area contributed by atoms with Crippen molar-refractivity contribution in [3.8, 4) is 5.75 Å². The van der Waals surface area contributed by atoms with Crippen molar-refractivity contribution in [3.63, 3.8) is 0 Å². The minimum Gasteiger partial charge on any atom is -0.489 e. The van der Waals surface area contributed by atoms with Gasteiger partial charge in [-0.1, -0.05) is 24.3 Å². The average molecular weight is 212 g/mol. The van der Waals surface area contributed by atoms with Gasteiger partial charge in [0.2, 0.25) is 0 Å². The van der Waals surface area contributed by atoms with Crippen molar-refractivity contribution in [3.05, 3.63) is 42.5 Å². The van der Waals surface area contributed by atoms with Gasteiger partial charge in [-0.05, 0) is 36.7 Å². The first-order valence-electron chi connectivity index (χ1n) is 6.26. The van der Waals surface area contributed by atoms with Gasteiger partial charge in [0.25, 0.3) is 0 Å². The van der Waals surface area contributed by atoms with Crippen LogP contribution >= 0.6 is 0 Å². The van der Waals surface area contributed by atoms with Crippen LogP contribution in [0.25, 0.3) is 0 Å². The van der Waals surface area contributed by atoms with E-state index in [1.165, 1.54) is 18.4 Å². The van der Waals surface area contributed by atoms with Crippen LogP contribution < -0.4 is 4.74 Å². The molecule has 16 heavy (non-hydrogen) atoms. The third-order valence-corrected chi connectivity index (χ3v) is 4.82. The fourth-order valence-electron chi connectivity index (χ4n) is 4.22. The molecule has 1 aromatic rings. The van der Waals surface area contributed by atoms with Crippen LogP contribution in [0, 0.1) is 17.8 Å². The molecule has 1 nitrogen and oxygen atoms in total. The topological polar surface area (TPSA) is 9.23 Å². The van der Waals surface area contributed by atoms with E-state index in [4.69, 9.17) is 4.74 Å². The molecule has 1 aliphatic heterocycles. The Morgan fingerprint density at radius 3 is 3.00 bits per heavy atom. The van der Waals surface area contributed by atoms with Crippen LogP contribution in [0.1, 0.15) is 24.3 Å². The van der Waals surface area contributed by atoms with Gasteiger partial charge in [-0.15, -0.1) is 6.58 Å². The number of hydrogen-bond donors (Lipinski definition) is 0. The minimum absolute atomic E-state index is 0.471. The lowest BCUT2D eigenvalue weighted by molar-refractivity contribution is 0.134. The lowest BCUT2D eigenvalue weighted by Gasteiger charge is -2.28. The second-order valence-corrected chi connectivity index (χ2v) is 5.44. The Labute approximate surface area is 96.1 Å². The van der Waals surface area contributed by atoms with Crippen molar-refractivity contribution in [1.82, 2.24) is 0 Å². The lowest BCUT2D eigenvalue weighted by Crippen LogP contribution is -2.29. The predicted octanol–water partition coefficient (Wildman–Crippen LogP) is 3.37. The maximum atomic E-state index is 6.12. The largest absolute Gasteiger partial charge is 0.489 e. The minimum atomic E-state index is 0.471. The third-order valence-electron chi connectivity index (χ3n) is 4.82. The molecule has 0 amide bonds. The summed E-state index contributed by atoms with van der Waals surface area (Å²) in [6.07, 6.45) is 5.28. The van der Waals surface area contributed by atoms with Crippen molar-refractivity contribution < 1.29 is 4.74 Å². The number of para-hydroxylation sites is 1. The summed E-state index contributed by atoms with van der Waals surface area (Å²) in [6, 6.07) is 8.59. The van der Waals surface area contributed by atoms with E-state index in [-0.39, 0.29) is 0 Å². The number of rotatable bonds is 1. The first-order valence-corrected chi connectivity index (χ1v) is 6.26. The summed E-state index contributed by atoms with van der Waals surface area (Å²) in [7, 11) is 0. The third kappa shape index (κ3) is 0.922. The van der Waals surface area contributed by atoms with E-state index in [0.717, 1.165) is 23.5 Å². The highest BCUT2D eigenvalue weighted by molar-refractivity contribution is 5.44. The lowest BCUT2D eigenvalue weighted by atomic mass is 9.76. The summed E-state index contributed by atoms with van der Waals surface area (Å²) >= 11 is 0. The van der Waals surface area contributed by atoms with E-state index in [2.05, 4.69) is 36.9 Å². The molecule has 2 saturated carbocycles. The fourth-order valence-corrected chi connectivity index (χ4v) is 4.22. The molecule has 2 fully saturated rings. The molecule has 0 N–H and O–H groups in total. The Balaban J connectivity index is 1.80. The SMILES string of the molecule is C=CC1CC2CC1C1c3ccccc3OC21. The molecule has 1 heterocycles. The molecule has 0 spiro atoms. The zero-order valence-corrected chi connectivity index (χ0v) is 9.30. The fraction of sp³-hybridized carbons (Fsp3) is 0.467. The van der Waals surface area contributed by atoms with Gasteiger partial charge in [0, 0.05) is 11.5 Å². The zero-order valence-electron chi connectivity index (χ0n) is 9.30. The Kier molecular flexibility index (Phi) is 1.61. The molecule has 0 radical (unpaired) electrons. The molecular formula is C15H16O. The van der Waals surface area contributed by atoms with E-state index in [0.29, 0.717) is 12.0 Å². The number of hydrogen-bond acceptors (Lipinski definition) is 1. The van der Waals surface area contributed by atoms with Crippen LogP contribution in [-0.2, 0) is 0 Å². The van der Waals surface area contributed by atoms with Gasteiger partial charge >= 0.3 is 0 Å². The van der Waals surface area contributed by atoms with Crippen LogP contribution in [0.5, 0.6) is 5.75 Å². The van der Waals surface area contributed by atoms with E-state index < -0.39 is 0 Å². The highest BCUT2D eigenvalue weighted by Gasteiger charge is 2.56. The van der Waals surface area contributed by atoms with Crippen LogP contribution in [0.4, 0.5) is 0 Å². The van der Waals surface area contributed by atoms with Crippen molar-refractivity contribution in [1.29, 1.82) is 0 Å². The predicted molar refractivity (Wildman–Crippen MR) is 63.5 cm³/mol. The van der Waals surface area contributed by atoms with Gasteiger partial charge in [-0.3, -0.25) is 0 Å². The number of allylic oxidation sites excluding steroid dienone is 1. The maximum Gasteiger partial charge on any atom is 0.123 e. The Morgan fingerprint density at radius 2 is 2.12 bits per heavy atom. The van der Waals surface area contributed by atoms with Crippen molar-refractivity contribution >= 4 is 0 Å². The average Bonchev–Trinajstić information content (AvgIpc) is 2.97. The van der Waals surface area contributed by atoms with Crippen LogP contribution in [-0.4, -0.2) is 6.10 Å². The van der Waals surface area contributed by atoms with E-state index in [1.807, 2.05) is 0 Å². The van der Waals surface area contributed by atoms with Gasteiger partial charge < -0.3 is 4.74 Å². The van der Waals surface area contributed by atoms with Crippen molar-refractivity contribution in [2.75, 3.05) is 0 Å². The monoisotopic (exact) mass is 212 g/mol. The summed E-state index contributed by atoms with van der Waals surface area (Å²) in [5.41, 5.74) is 1.45. The molecule has 1 heteroatoms. The second kappa shape index (κ2) is 2.91. The molecule has 1 aromatic carbocycles. The Morgan fingerprint density at radius 1 is 1.25 bits per heavy atom. The highest BCUT2D eigenvalue weighted by atomic mass is 16.5. The first-order chi connectivity index (χ1) is 7.88. The Bertz CT molecular complexity index is 451. The number of benzene rings is 1. The van der Waals surface area contributed by atoms with Gasteiger partial charge in [-0.25, -0.2) is 0 Å². The van der Waals surface area contributed by atoms with Crippen LogP contribution in [0.15, 0.2) is 36.9 Å². The van der Waals surface area contributed by atoms with E-state index in [9.17, 15) is 0 Å². The quantitative estimate of drug-likeness (QED) is 0.648. The van der Waals surface area contributed by atoms with Crippen molar-refractivity contribution in [2.24, 2.45) is 17.8 Å². The molecule has 5 atom stereocenters. The maximum absolute atomic E-state index is 6.12. The smallest absolute Gasteiger partial charge is 0.123 e. The van der Waals surface area contributed by atoms with Gasteiger partial charge in [0.15, 0.2) is 0 Å². The first kappa shape index (κ1) is 8.86. The van der Waals surface area contributed by atoms with Gasteiger partial charge in [0.1, 0.15) is 11.9 Å². The molecule has 4 rings (SSSR count). The van der Waals surface area contributed by atoms with Crippen LogP contribution in [0.3, 0.4) is 0 Å². The van der Waals surface area contributed by atoms with E-state index in [1.54, 1.807) is 0 Å². The van der Waals surface area contributed by atoms with Crippen LogP contribution in [0.2, 0.25) is 0 Å².